The molecule has 0 saturated heterocycles. The van der Waals surface area contributed by atoms with Gasteiger partial charge in [-0.15, -0.1) is 0 Å². The van der Waals surface area contributed by atoms with Crippen molar-refractivity contribution in [2.45, 2.75) is 32.6 Å². The second-order valence-corrected chi connectivity index (χ2v) is 3.90. The highest BCUT2D eigenvalue weighted by atomic mass is 16.4. The van der Waals surface area contributed by atoms with Gasteiger partial charge in [-0.25, -0.2) is 0 Å². The van der Waals surface area contributed by atoms with Gasteiger partial charge in [0.2, 0.25) is 0 Å². The minimum absolute atomic E-state index is 0.295. The largest absolute Gasteiger partial charge is 0.481 e. The molecule has 0 radical (unpaired) electrons. The van der Waals surface area contributed by atoms with Gasteiger partial charge in [-0.05, 0) is 24.3 Å². The standard InChI is InChI=1S/C13H18O2/c1-2-11(10-13(14)15)8-9-12-6-4-3-5-7-12/h3-7,11H,2,8-10H2,1H3,(H,14,15). The average Bonchev–Trinajstić information content (AvgIpc) is 2.25. The van der Waals surface area contributed by atoms with Gasteiger partial charge in [0.25, 0.3) is 0 Å². The third-order valence-electron chi connectivity index (χ3n) is 2.72. The quantitative estimate of drug-likeness (QED) is 0.776. The molecule has 0 fully saturated rings. The third kappa shape index (κ3) is 4.63. The van der Waals surface area contributed by atoms with Crippen LogP contribution >= 0.6 is 0 Å². The lowest BCUT2D eigenvalue weighted by molar-refractivity contribution is -0.138. The van der Waals surface area contributed by atoms with E-state index in [1.807, 2.05) is 18.2 Å². The Morgan fingerprint density at radius 3 is 2.53 bits per heavy atom. The molecule has 0 saturated carbocycles. The number of hydrogen-bond acceptors (Lipinski definition) is 1. The Morgan fingerprint density at radius 1 is 1.33 bits per heavy atom. The fourth-order valence-corrected chi connectivity index (χ4v) is 1.71. The van der Waals surface area contributed by atoms with Crippen LogP contribution < -0.4 is 0 Å². The number of carboxylic acids is 1. The van der Waals surface area contributed by atoms with Crippen molar-refractivity contribution >= 4 is 5.97 Å². The molecule has 1 unspecified atom stereocenters. The van der Waals surface area contributed by atoms with Gasteiger partial charge in [0.05, 0.1) is 0 Å². The van der Waals surface area contributed by atoms with Gasteiger partial charge >= 0.3 is 5.97 Å². The van der Waals surface area contributed by atoms with Crippen LogP contribution in [0.1, 0.15) is 31.7 Å². The molecule has 0 heterocycles. The number of carbonyl (C=O) groups is 1. The van der Waals surface area contributed by atoms with Gasteiger partial charge in [0.1, 0.15) is 0 Å². The predicted molar refractivity (Wildman–Crippen MR) is 60.8 cm³/mol. The van der Waals surface area contributed by atoms with Crippen LogP contribution in [0.15, 0.2) is 30.3 Å². The van der Waals surface area contributed by atoms with Crippen LogP contribution in [-0.2, 0) is 11.2 Å². The Morgan fingerprint density at radius 2 is 2.00 bits per heavy atom. The van der Waals surface area contributed by atoms with Crippen molar-refractivity contribution in [3.05, 3.63) is 35.9 Å². The SMILES string of the molecule is CCC(CCc1ccccc1)CC(=O)O. The minimum atomic E-state index is -0.685. The first-order valence-electron chi connectivity index (χ1n) is 5.48. The zero-order valence-corrected chi connectivity index (χ0v) is 9.15. The summed E-state index contributed by atoms with van der Waals surface area (Å²) in [5, 5.41) is 8.71. The number of aryl methyl sites for hydroxylation is 1. The Hall–Kier alpha value is -1.31. The molecule has 1 aromatic rings. The van der Waals surface area contributed by atoms with E-state index < -0.39 is 5.97 Å². The summed E-state index contributed by atoms with van der Waals surface area (Å²) >= 11 is 0. The molecular weight excluding hydrogens is 188 g/mol. The molecule has 1 N–H and O–H groups in total. The van der Waals surface area contributed by atoms with Crippen LogP contribution in [0.4, 0.5) is 0 Å². The van der Waals surface area contributed by atoms with Crippen LogP contribution in [-0.4, -0.2) is 11.1 Å². The lowest BCUT2D eigenvalue weighted by atomic mass is 9.94. The molecular formula is C13H18O2. The third-order valence-corrected chi connectivity index (χ3v) is 2.72. The zero-order valence-electron chi connectivity index (χ0n) is 9.15. The van der Waals surface area contributed by atoms with Crippen molar-refractivity contribution in [3.63, 3.8) is 0 Å². The molecule has 82 valence electrons. The molecule has 1 atom stereocenters. The van der Waals surface area contributed by atoms with Gasteiger partial charge in [-0.1, -0.05) is 43.7 Å². The van der Waals surface area contributed by atoms with E-state index in [1.165, 1.54) is 5.56 Å². The molecule has 0 aromatic heterocycles. The first-order chi connectivity index (χ1) is 7.22. The summed E-state index contributed by atoms with van der Waals surface area (Å²) < 4.78 is 0. The van der Waals surface area contributed by atoms with Crippen LogP contribution in [0.2, 0.25) is 0 Å². The van der Waals surface area contributed by atoms with E-state index in [0.717, 1.165) is 19.3 Å². The summed E-state index contributed by atoms with van der Waals surface area (Å²) in [6.07, 6.45) is 3.18. The smallest absolute Gasteiger partial charge is 0.303 e. The van der Waals surface area contributed by atoms with Gasteiger partial charge < -0.3 is 5.11 Å². The van der Waals surface area contributed by atoms with Crippen LogP contribution in [0.5, 0.6) is 0 Å². The summed E-state index contributed by atoms with van der Waals surface area (Å²) in [6, 6.07) is 10.2. The molecule has 2 heteroatoms. The highest BCUT2D eigenvalue weighted by molar-refractivity contribution is 5.66. The van der Waals surface area contributed by atoms with E-state index in [1.54, 1.807) is 0 Å². The summed E-state index contributed by atoms with van der Waals surface area (Å²) in [4.78, 5) is 10.6. The summed E-state index contributed by atoms with van der Waals surface area (Å²) in [5.41, 5.74) is 1.29. The van der Waals surface area contributed by atoms with Crippen molar-refractivity contribution in [3.8, 4) is 0 Å². The first-order valence-corrected chi connectivity index (χ1v) is 5.48. The molecule has 2 nitrogen and oxygen atoms in total. The summed E-state index contributed by atoms with van der Waals surface area (Å²) in [6.45, 7) is 2.05. The maximum atomic E-state index is 10.6. The fourth-order valence-electron chi connectivity index (χ4n) is 1.71. The maximum Gasteiger partial charge on any atom is 0.303 e. The van der Waals surface area contributed by atoms with E-state index in [4.69, 9.17) is 5.11 Å². The lowest BCUT2D eigenvalue weighted by Crippen LogP contribution is -2.07. The molecule has 1 aromatic carbocycles. The molecule has 1 rings (SSSR count). The fraction of sp³-hybridized carbons (Fsp3) is 0.462. The highest BCUT2D eigenvalue weighted by Gasteiger charge is 2.10. The molecule has 0 spiro atoms. The van der Waals surface area contributed by atoms with Crippen LogP contribution in [0.3, 0.4) is 0 Å². The molecule has 15 heavy (non-hydrogen) atoms. The second-order valence-electron chi connectivity index (χ2n) is 3.90. The van der Waals surface area contributed by atoms with Gasteiger partial charge in [0, 0.05) is 6.42 Å². The average molecular weight is 206 g/mol. The maximum absolute atomic E-state index is 10.6. The Kier molecular flexibility index (Phi) is 4.88. The van der Waals surface area contributed by atoms with E-state index in [9.17, 15) is 4.79 Å². The molecule has 0 amide bonds. The van der Waals surface area contributed by atoms with Crippen LogP contribution in [0.25, 0.3) is 0 Å². The van der Waals surface area contributed by atoms with Gasteiger partial charge in [-0.2, -0.15) is 0 Å². The van der Waals surface area contributed by atoms with Crippen molar-refractivity contribution in [2.75, 3.05) is 0 Å². The number of aliphatic carboxylic acids is 1. The number of rotatable bonds is 6. The van der Waals surface area contributed by atoms with Crippen molar-refractivity contribution in [1.82, 2.24) is 0 Å². The van der Waals surface area contributed by atoms with E-state index >= 15 is 0 Å². The van der Waals surface area contributed by atoms with Crippen molar-refractivity contribution in [2.24, 2.45) is 5.92 Å². The topological polar surface area (TPSA) is 37.3 Å². The van der Waals surface area contributed by atoms with Gasteiger partial charge in [0.15, 0.2) is 0 Å². The Bertz CT molecular complexity index is 293. The molecule has 0 aliphatic heterocycles. The minimum Gasteiger partial charge on any atom is -0.481 e. The molecule has 0 bridgehead atoms. The van der Waals surface area contributed by atoms with E-state index in [2.05, 4.69) is 19.1 Å². The Balaban J connectivity index is 2.37. The lowest BCUT2D eigenvalue weighted by Gasteiger charge is -2.11. The predicted octanol–water partition coefficient (Wildman–Crippen LogP) is 3.12. The molecule has 0 aliphatic rings. The van der Waals surface area contributed by atoms with Crippen LogP contribution in [0, 0.1) is 5.92 Å². The van der Waals surface area contributed by atoms with E-state index in [-0.39, 0.29) is 0 Å². The number of carboxylic acid groups (broad SMARTS) is 1. The van der Waals surface area contributed by atoms with Gasteiger partial charge in [-0.3, -0.25) is 4.79 Å². The number of benzene rings is 1. The van der Waals surface area contributed by atoms with Crippen molar-refractivity contribution in [1.29, 1.82) is 0 Å². The van der Waals surface area contributed by atoms with Crippen molar-refractivity contribution < 1.29 is 9.90 Å². The zero-order chi connectivity index (χ0) is 11.1. The first kappa shape index (κ1) is 11.8. The Labute approximate surface area is 90.9 Å². The normalized spacial score (nSPS) is 12.3. The molecule has 0 aliphatic carbocycles. The highest BCUT2D eigenvalue weighted by Crippen LogP contribution is 2.16. The summed E-state index contributed by atoms with van der Waals surface area (Å²) in [5.74, 6) is -0.377. The summed E-state index contributed by atoms with van der Waals surface area (Å²) in [7, 11) is 0. The second kappa shape index (κ2) is 6.23. The van der Waals surface area contributed by atoms with E-state index in [0.29, 0.717) is 12.3 Å². The monoisotopic (exact) mass is 206 g/mol. The number of hydrogen-bond donors (Lipinski definition) is 1.